The van der Waals surface area contributed by atoms with Crippen molar-refractivity contribution in [3.8, 4) is 11.5 Å². The van der Waals surface area contributed by atoms with Gasteiger partial charge in [0, 0.05) is 19.4 Å². The average Bonchev–Trinajstić information content (AvgIpc) is 2.30. The fourth-order valence-electron chi connectivity index (χ4n) is 1.04. The van der Waals surface area contributed by atoms with Crippen molar-refractivity contribution in [3.63, 3.8) is 0 Å². The van der Waals surface area contributed by atoms with Crippen molar-refractivity contribution in [2.75, 3.05) is 12.4 Å². The lowest BCUT2D eigenvalue weighted by atomic mass is 10.4. The molecule has 0 amide bonds. The molecule has 0 fully saturated rings. The molecular weight excluding hydrogens is 178 g/mol. The Morgan fingerprint density at radius 3 is 2.79 bits per heavy atom. The summed E-state index contributed by atoms with van der Waals surface area (Å²) in [6.07, 6.45) is 4.83. The molecule has 2 aromatic heterocycles. The van der Waals surface area contributed by atoms with Crippen LogP contribution in [0.2, 0.25) is 0 Å². The minimum atomic E-state index is 0.597. The Hall–Kier alpha value is -2.04. The highest BCUT2D eigenvalue weighted by Gasteiger charge is 2.01. The number of aromatic nitrogens is 4. The monoisotopic (exact) mass is 187 g/mol. The molecule has 2 aromatic rings. The van der Waals surface area contributed by atoms with Crippen LogP contribution >= 0.6 is 0 Å². The minimum absolute atomic E-state index is 0.597. The van der Waals surface area contributed by atoms with E-state index in [1.54, 1.807) is 24.5 Å². The normalized spacial score (nSPS) is 9.79. The van der Waals surface area contributed by atoms with Crippen molar-refractivity contribution < 1.29 is 0 Å². The topological polar surface area (TPSA) is 63.6 Å². The van der Waals surface area contributed by atoms with Gasteiger partial charge in [-0.25, -0.2) is 19.9 Å². The zero-order chi connectivity index (χ0) is 9.80. The average molecular weight is 187 g/mol. The number of hydrogen-bond acceptors (Lipinski definition) is 5. The summed E-state index contributed by atoms with van der Waals surface area (Å²) in [5, 5.41) is 2.94. The third-order valence-corrected chi connectivity index (χ3v) is 1.72. The van der Waals surface area contributed by atoms with Gasteiger partial charge in [-0.3, -0.25) is 0 Å². The van der Waals surface area contributed by atoms with Crippen molar-refractivity contribution in [1.82, 2.24) is 19.9 Å². The maximum atomic E-state index is 4.25. The number of hydrogen-bond donors (Lipinski definition) is 1. The Morgan fingerprint density at radius 1 is 1.14 bits per heavy atom. The molecule has 70 valence electrons. The molecule has 0 aliphatic heterocycles. The van der Waals surface area contributed by atoms with Crippen LogP contribution in [0.1, 0.15) is 0 Å². The molecule has 2 rings (SSSR count). The second-order valence-corrected chi connectivity index (χ2v) is 2.61. The van der Waals surface area contributed by atoms with Crippen molar-refractivity contribution in [2.45, 2.75) is 0 Å². The van der Waals surface area contributed by atoms with Crippen LogP contribution in [0.4, 0.5) is 5.82 Å². The van der Waals surface area contributed by atoms with Crippen LogP contribution in [-0.4, -0.2) is 27.0 Å². The lowest BCUT2D eigenvalue weighted by Crippen LogP contribution is -1.96. The molecule has 0 aliphatic rings. The number of rotatable bonds is 2. The summed E-state index contributed by atoms with van der Waals surface area (Å²) in [5.41, 5.74) is 0.720. The summed E-state index contributed by atoms with van der Waals surface area (Å²) in [4.78, 5) is 16.3. The van der Waals surface area contributed by atoms with Gasteiger partial charge in [0.2, 0.25) is 0 Å². The molecule has 0 aromatic carbocycles. The van der Waals surface area contributed by atoms with Gasteiger partial charge in [0.1, 0.15) is 17.8 Å². The van der Waals surface area contributed by atoms with Gasteiger partial charge in [-0.1, -0.05) is 0 Å². The first-order chi connectivity index (χ1) is 6.90. The van der Waals surface area contributed by atoms with Gasteiger partial charge in [-0.15, -0.1) is 0 Å². The molecule has 0 atom stereocenters. The summed E-state index contributed by atoms with van der Waals surface area (Å²) in [6, 6.07) is 3.57. The van der Waals surface area contributed by atoms with E-state index in [-0.39, 0.29) is 0 Å². The Labute approximate surface area is 81.3 Å². The van der Waals surface area contributed by atoms with Crippen molar-refractivity contribution in [1.29, 1.82) is 0 Å². The number of nitrogens with one attached hydrogen (secondary N) is 1. The second kappa shape index (κ2) is 3.78. The van der Waals surface area contributed by atoms with Crippen LogP contribution in [0.5, 0.6) is 0 Å². The standard InChI is InChI=1S/C9H9N5/c1-10-8-3-5-12-9(14-8)7-2-4-11-6-13-7/h2-6H,1H3,(H,10,12,14). The largest absolute Gasteiger partial charge is 0.373 e. The summed E-state index contributed by atoms with van der Waals surface area (Å²) < 4.78 is 0. The van der Waals surface area contributed by atoms with Crippen molar-refractivity contribution in [2.24, 2.45) is 0 Å². The number of anilines is 1. The van der Waals surface area contributed by atoms with E-state index in [0.717, 1.165) is 11.5 Å². The van der Waals surface area contributed by atoms with Gasteiger partial charge in [0.25, 0.3) is 0 Å². The molecule has 14 heavy (non-hydrogen) atoms. The Bertz CT molecular complexity index is 415. The molecule has 0 saturated carbocycles. The first-order valence-corrected chi connectivity index (χ1v) is 4.17. The molecule has 0 spiro atoms. The van der Waals surface area contributed by atoms with E-state index in [1.807, 2.05) is 7.05 Å². The first-order valence-electron chi connectivity index (χ1n) is 4.17. The van der Waals surface area contributed by atoms with Crippen LogP contribution in [-0.2, 0) is 0 Å². The van der Waals surface area contributed by atoms with Crippen LogP contribution < -0.4 is 5.32 Å². The van der Waals surface area contributed by atoms with E-state index >= 15 is 0 Å². The van der Waals surface area contributed by atoms with E-state index in [0.29, 0.717) is 5.82 Å². The summed E-state index contributed by atoms with van der Waals surface area (Å²) in [6.45, 7) is 0. The molecule has 0 aliphatic carbocycles. The molecule has 1 N–H and O–H groups in total. The molecular formula is C9H9N5. The third-order valence-electron chi connectivity index (χ3n) is 1.72. The summed E-state index contributed by atoms with van der Waals surface area (Å²) >= 11 is 0. The third kappa shape index (κ3) is 1.66. The van der Waals surface area contributed by atoms with E-state index in [2.05, 4.69) is 25.3 Å². The van der Waals surface area contributed by atoms with Crippen LogP contribution in [0, 0.1) is 0 Å². The van der Waals surface area contributed by atoms with Gasteiger partial charge >= 0.3 is 0 Å². The Kier molecular flexibility index (Phi) is 2.31. The predicted molar refractivity (Wildman–Crippen MR) is 52.6 cm³/mol. The quantitative estimate of drug-likeness (QED) is 0.759. The predicted octanol–water partition coefficient (Wildman–Crippen LogP) is 0.975. The van der Waals surface area contributed by atoms with Gasteiger partial charge in [0.05, 0.1) is 0 Å². The molecule has 0 unspecified atom stereocenters. The molecule has 2 heterocycles. The maximum Gasteiger partial charge on any atom is 0.180 e. The van der Waals surface area contributed by atoms with Gasteiger partial charge in [-0.05, 0) is 12.1 Å². The Balaban J connectivity index is 2.42. The smallest absolute Gasteiger partial charge is 0.180 e. The molecule has 0 bridgehead atoms. The number of nitrogens with zero attached hydrogens (tertiary/aromatic N) is 4. The molecule has 0 saturated heterocycles. The summed E-state index contributed by atoms with van der Waals surface area (Å²) in [5.74, 6) is 1.37. The SMILES string of the molecule is CNc1ccnc(-c2ccncn2)n1. The maximum absolute atomic E-state index is 4.25. The zero-order valence-electron chi connectivity index (χ0n) is 7.68. The molecule has 0 radical (unpaired) electrons. The lowest BCUT2D eigenvalue weighted by molar-refractivity contribution is 1.10. The highest BCUT2D eigenvalue weighted by Crippen LogP contribution is 2.11. The van der Waals surface area contributed by atoms with E-state index in [4.69, 9.17) is 0 Å². The fraction of sp³-hybridized carbons (Fsp3) is 0.111. The highest BCUT2D eigenvalue weighted by molar-refractivity contribution is 5.50. The first kappa shape index (κ1) is 8.55. The van der Waals surface area contributed by atoms with E-state index in [1.165, 1.54) is 6.33 Å². The second-order valence-electron chi connectivity index (χ2n) is 2.61. The minimum Gasteiger partial charge on any atom is -0.373 e. The van der Waals surface area contributed by atoms with Gasteiger partial charge in [-0.2, -0.15) is 0 Å². The zero-order valence-corrected chi connectivity index (χ0v) is 7.68. The van der Waals surface area contributed by atoms with E-state index in [9.17, 15) is 0 Å². The van der Waals surface area contributed by atoms with Crippen LogP contribution in [0.3, 0.4) is 0 Å². The molecule has 5 nitrogen and oxygen atoms in total. The van der Waals surface area contributed by atoms with E-state index < -0.39 is 0 Å². The van der Waals surface area contributed by atoms with Gasteiger partial charge in [0.15, 0.2) is 5.82 Å². The van der Waals surface area contributed by atoms with Crippen LogP contribution in [0.25, 0.3) is 11.5 Å². The molecule has 5 heteroatoms. The van der Waals surface area contributed by atoms with Gasteiger partial charge < -0.3 is 5.32 Å². The summed E-state index contributed by atoms with van der Waals surface area (Å²) in [7, 11) is 1.81. The van der Waals surface area contributed by atoms with Crippen molar-refractivity contribution in [3.05, 3.63) is 30.9 Å². The Morgan fingerprint density at radius 2 is 2.07 bits per heavy atom. The highest BCUT2D eigenvalue weighted by atomic mass is 15.0. The van der Waals surface area contributed by atoms with Crippen LogP contribution in [0.15, 0.2) is 30.9 Å². The fourth-order valence-corrected chi connectivity index (χ4v) is 1.04. The lowest BCUT2D eigenvalue weighted by Gasteiger charge is -2.01. The van der Waals surface area contributed by atoms with Crippen molar-refractivity contribution >= 4 is 5.82 Å².